The van der Waals surface area contributed by atoms with Crippen LogP contribution >= 0.6 is 0 Å². The first kappa shape index (κ1) is 6.91. The molecule has 2 nitrogen and oxygen atoms in total. The van der Waals surface area contributed by atoms with Crippen molar-refractivity contribution in [3.05, 3.63) is 24.2 Å². The average molecular weight is 136 g/mol. The highest BCUT2D eigenvalue weighted by molar-refractivity contribution is 5.04. The number of hydrogen-bond donors (Lipinski definition) is 1. The second-order valence-corrected chi connectivity index (χ2v) is 1.94. The highest BCUT2D eigenvalue weighted by Gasteiger charge is 2.06. The molecule has 0 spiro atoms. The van der Waals surface area contributed by atoms with Crippen LogP contribution in [0.3, 0.4) is 0 Å². The molecule has 2 heteroatoms. The van der Waals surface area contributed by atoms with Gasteiger partial charge in [-0.1, -0.05) is 0 Å². The summed E-state index contributed by atoms with van der Waals surface area (Å²) in [6, 6.07) is 3.41. The zero-order valence-electron chi connectivity index (χ0n) is 5.45. The molecule has 0 aromatic carbocycles. The summed E-state index contributed by atoms with van der Waals surface area (Å²) < 4.78 is 4.90. The van der Waals surface area contributed by atoms with Gasteiger partial charge in [-0.3, -0.25) is 0 Å². The summed E-state index contributed by atoms with van der Waals surface area (Å²) in [6.07, 6.45) is 6.14. The van der Waals surface area contributed by atoms with Gasteiger partial charge >= 0.3 is 0 Å². The standard InChI is InChI=1S/C8H8O2/c1-2-4-7(9)8-5-3-6-10-8/h1,3,5-7,9H,4H2/t7-/m0/s1. The molecule has 0 aliphatic rings. The predicted octanol–water partition coefficient (Wildman–Crippen LogP) is 1.34. The second-order valence-electron chi connectivity index (χ2n) is 1.94. The van der Waals surface area contributed by atoms with Crippen LogP contribution in [-0.4, -0.2) is 5.11 Å². The lowest BCUT2D eigenvalue weighted by molar-refractivity contribution is 0.155. The summed E-state index contributed by atoms with van der Waals surface area (Å²) in [5.41, 5.74) is 0. The number of terminal acetylenes is 1. The van der Waals surface area contributed by atoms with Gasteiger partial charge in [0.1, 0.15) is 11.9 Å². The van der Waals surface area contributed by atoms with Crippen LogP contribution in [0.1, 0.15) is 18.3 Å². The molecule has 0 radical (unpaired) electrons. The van der Waals surface area contributed by atoms with Crippen LogP contribution in [0, 0.1) is 12.3 Å². The van der Waals surface area contributed by atoms with E-state index in [0.717, 1.165) is 0 Å². The van der Waals surface area contributed by atoms with Gasteiger partial charge in [-0.15, -0.1) is 12.3 Å². The van der Waals surface area contributed by atoms with E-state index in [0.29, 0.717) is 12.2 Å². The largest absolute Gasteiger partial charge is 0.467 e. The van der Waals surface area contributed by atoms with Crippen molar-refractivity contribution in [1.29, 1.82) is 0 Å². The van der Waals surface area contributed by atoms with Crippen LogP contribution in [0.5, 0.6) is 0 Å². The van der Waals surface area contributed by atoms with E-state index in [1.807, 2.05) is 0 Å². The number of aliphatic hydroxyl groups is 1. The molecular formula is C8H8O2. The van der Waals surface area contributed by atoms with Crippen molar-refractivity contribution in [2.75, 3.05) is 0 Å². The minimum atomic E-state index is -0.653. The van der Waals surface area contributed by atoms with Gasteiger partial charge in [0.15, 0.2) is 0 Å². The van der Waals surface area contributed by atoms with E-state index in [1.165, 1.54) is 6.26 Å². The van der Waals surface area contributed by atoms with E-state index >= 15 is 0 Å². The maximum Gasteiger partial charge on any atom is 0.133 e. The molecule has 1 heterocycles. The fourth-order valence-corrected chi connectivity index (χ4v) is 0.693. The molecule has 0 saturated heterocycles. The first-order valence-electron chi connectivity index (χ1n) is 2.99. The Kier molecular flexibility index (Phi) is 2.14. The quantitative estimate of drug-likeness (QED) is 0.622. The Morgan fingerprint density at radius 1 is 1.80 bits per heavy atom. The molecule has 1 N–H and O–H groups in total. The Hall–Kier alpha value is -1.20. The molecule has 0 aliphatic heterocycles. The van der Waals surface area contributed by atoms with Crippen LogP contribution in [0.25, 0.3) is 0 Å². The number of furan rings is 1. The first-order chi connectivity index (χ1) is 4.84. The van der Waals surface area contributed by atoms with Gasteiger partial charge in [0, 0.05) is 6.42 Å². The monoisotopic (exact) mass is 136 g/mol. The van der Waals surface area contributed by atoms with Crippen molar-refractivity contribution in [2.45, 2.75) is 12.5 Å². The van der Waals surface area contributed by atoms with Crippen LogP contribution in [-0.2, 0) is 0 Å². The second kappa shape index (κ2) is 3.09. The Balaban J connectivity index is 2.61. The Morgan fingerprint density at radius 2 is 2.60 bits per heavy atom. The lowest BCUT2D eigenvalue weighted by Gasteiger charge is -2.00. The minimum Gasteiger partial charge on any atom is -0.467 e. The number of hydrogen-bond acceptors (Lipinski definition) is 2. The van der Waals surface area contributed by atoms with Gasteiger partial charge in [0.05, 0.1) is 6.26 Å². The van der Waals surface area contributed by atoms with E-state index in [2.05, 4.69) is 5.92 Å². The van der Waals surface area contributed by atoms with Gasteiger partial charge in [-0.25, -0.2) is 0 Å². The summed E-state index contributed by atoms with van der Waals surface area (Å²) in [4.78, 5) is 0. The van der Waals surface area contributed by atoms with Crippen LogP contribution < -0.4 is 0 Å². The molecule has 0 unspecified atom stereocenters. The maximum absolute atomic E-state index is 9.17. The van der Waals surface area contributed by atoms with Crippen LogP contribution in [0.4, 0.5) is 0 Å². The highest BCUT2D eigenvalue weighted by atomic mass is 16.4. The Labute approximate surface area is 59.5 Å². The molecule has 1 aromatic rings. The Morgan fingerprint density at radius 3 is 3.10 bits per heavy atom. The number of rotatable bonds is 2. The minimum absolute atomic E-state index is 0.299. The van der Waals surface area contributed by atoms with Gasteiger partial charge in [0.25, 0.3) is 0 Å². The van der Waals surface area contributed by atoms with E-state index in [1.54, 1.807) is 12.1 Å². The van der Waals surface area contributed by atoms with Crippen molar-refractivity contribution < 1.29 is 9.52 Å². The van der Waals surface area contributed by atoms with Crippen molar-refractivity contribution in [1.82, 2.24) is 0 Å². The lowest BCUT2D eigenvalue weighted by Crippen LogP contribution is -1.92. The summed E-state index contributed by atoms with van der Waals surface area (Å²) in [6.45, 7) is 0. The van der Waals surface area contributed by atoms with Crippen molar-refractivity contribution in [2.24, 2.45) is 0 Å². The molecule has 1 aromatic heterocycles. The maximum atomic E-state index is 9.17. The molecule has 0 amide bonds. The summed E-state index contributed by atoms with van der Waals surface area (Å²) >= 11 is 0. The van der Waals surface area contributed by atoms with Gasteiger partial charge in [-0.05, 0) is 12.1 Å². The molecule has 0 fully saturated rings. The highest BCUT2D eigenvalue weighted by Crippen LogP contribution is 2.15. The molecule has 1 atom stereocenters. The van der Waals surface area contributed by atoms with Gasteiger partial charge < -0.3 is 9.52 Å². The zero-order chi connectivity index (χ0) is 7.40. The molecule has 10 heavy (non-hydrogen) atoms. The normalized spacial score (nSPS) is 12.4. The third-order valence-electron chi connectivity index (χ3n) is 1.18. The summed E-state index contributed by atoms with van der Waals surface area (Å²) in [5.74, 6) is 2.87. The fraction of sp³-hybridized carbons (Fsp3) is 0.250. The molecule has 0 aliphatic carbocycles. The molecular weight excluding hydrogens is 128 g/mol. The molecule has 52 valence electrons. The van der Waals surface area contributed by atoms with Crippen molar-refractivity contribution in [3.8, 4) is 12.3 Å². The first-order valence-corrected chi connectivity index (χ1v) is 2.99. The summed E-state index contributed by atoms with van der Waals surface area (Å²) in [5, 5.41) is 9.17. The predicted molar refractivity (Wildman–Crippen MR) is 37.1 cm³/mol. The summed E-state index contributed by atoms with van der Waals surface area (Å²) in [7, 11) is 0. The smallest absolute Gasteiger partial charge is 0.133 e. The third-order valence-corrected chi connectivity index (χ3v) is 1.18. The van der Waals surface area contributed by atoms with E-state index in [9.17, 15) is 5.11 Å². The number of aliphatic hydroxyl groups excluding tert-OH is 1. The SMILES string of the molecule is C#CC[C@H](O)c1ccco1. The van der Waals surface area contributed by atoms with Crippen molar-refractivity contribution in [3.63, 3.8) is 0 Å². The van der Waals surface area contributed by atoms with Gasteiger partial charge in [0.2, 0.25) is 0 Å². The average Bonchev–Trinajstić information content (AvgIpc) is 2.38. The topological polar surface area (TPSA) is 33.4 Å². The van der Waals surface area contributed by atoms with E-state index < -0.39 is 6.10 Å². The fourth-order valence-electron chi connectivity index (χ4n) is 0.693. The zero-order valence-corrected chi connectivity index (χ0v) is 5.45. The van der Waals surface area contributed by atoms with E-state index in [-0.39, 0.29) is 0 Å². The van der Waals surface area contributed by atoms with Crippen LogP contribution in [0.15, 0.2) is 22.8 Å². The van der Waals surface area contributed by atoms with Crippen LogP contribution in [0.2, 0.25) is 0 Å². The lowest BCUT2D eigenvalue weighted by atomic mass is 10.2. The Bertz CT molecular complexity index is 218. The molecule has 0 bridgehead atoms. The third kappa shape index (κ3) is 1.40. The van der Waals surface area contributed by atoms with E-state index in [4.69, 9.17) is 10.8 Å². The van der Waals surface area contributed by atoms with Crippen molar-refractivity contribution >= 4 is 0 Å². The molecule has 0 saturated carbocycles. The van der Waals surface area contributed by atoms with Gasteiger partial charge in [-0.2, -0.15) is 0 Å². The molecule has 1 rings (SSSR count).